The fourth-order valence-corrected chi connectivity index (χ4v) is 4.44. The molecule has 0 saturated heterocycles. The molecule has 1 aromatic carbocycles. The van der Waals surface area contributed by atoms with Crippen LogP contribution >= 0.6 is 0 Å². The van der Waals surface area contributed by atoms with Crippen molar-refractivity contribution in [3.8, 4) is 11.4 Å². The number of nitrogens with one attached hydrogen (secondary N) is 2. The van der Waals surface area contributed by atoms with Gasteiger partial charge in [-0.25, -0.2) is 9.07 Å². The first-order valence-electron chi connectivity index (χ1n) is 12.6. The third kappa shape index (κ3) is 7.49. The second-order valence-electron chi connectivity index (χ2n) is 10.1. The van der Waals surface area contributed by atoms with Crippen LogP contribution in [0.25, 0.3) is 5.69 Å². The molecule has 1 aromatic heterocycles. The van der Waals surface area contributed by atoms with Gasteiger partial charge >= 0.3 is 0 Å². The molecule has 1 heterocycles. The standard InChI is InChI=1S/C26H38FN5O4/c1-5-28-24(33)18-6-11-22(23(16-18)36-15-14-35-13-12-27)32-17-21(30-31-32)25(34)29-20-9-7-19(8-10-20)26(2,3)4/h6,11,16-17,19-20H,5,7-10,12-15H2,1-4H3,(H,28,33)(H,29,34). The van der Waals surface area contributed by atoms with E-state index in [1.807, 2.05) is 6.92 Å². The summed E-state index contributed by atoms with van der Waals surface area (Å²) >= 11 is 0. The number of nitrogens with zero attached hydrogens (tertiary/aromatic N) is 3. The molecular formula is C26H38FN5O4. The van der Waals surface area contributed by atoms with Crippen LogP contribution < -0.4 is 15.4 Å². The SMILES string of the molecule is CCNC(=O)c1ccc(-n2cc(C(=O)NC3CCC(C(C)(C)C)CC3)nn2)c(OCCOCCF)c1. The van der Waals surface area contributed by atoms with Gasteiger partial charge in [0.15, 0.2) is 5.69 Å². The average molecular weight is 504 g/mol. The van der Waals surface area contributed by atoms with Crippen molar-refractivity contribution < 1.29 is 23.5 Å². The van der Waals surface area contributed by atoms with Gasteiger partial charge in [-0.2, -0.15) is 0 Å². The van der Waals surface area contributed by atoms with Crippen LogP contribution in [0.4, 0.5) is 4.39 Å². The summed E-state index contributed by atoms with van der Waals surface area (Å²) in [5.74, 6) is 0.540. The molecule has 0 atom stereocenters. The van der Waals surface area contributed by atoms with Crippen molar-refractivity contribution in [1.29, 1.82) is 0 Å². The number of hydrogen-bond donors (Lipinski definition) is 2. The Kier molecular flexibility index (Phi) is 9.81. The molecule has 1 fully saturated rings. The van der Waals surface area contributed by atoms with Gasteiger partial charge in [-0.3, -0.25) is 9.59 Å². The second-order valence-corrected chi connectivity index (χ2v) is 10.1. The molecule has 36 heavy (non-hydrogen) atoms. The Morgan fingerprint density at radius 3 is 2.53 bits per heavy atom. The number of benzene rings is 1. The maximum atomic E-state index is 12.9. The average Bonchev–Trinajstić information content (AvgIpc) is 3.34. The lowest BCUT2D eigenvalue weighted by molar-refractivity contribution is 0.0894. The van der Waals surface area contributed by atoms with Crippen molar-refractivity contribution in [2.45, 2.75) is 59.4 Å². The quantitative estimate of drug-likeness (QED) is 0.453. The minimum atomic E-state index is -0.570. The molecular weight excluding hydrogens is 465 g/mol. The highest BCUT2D eigenvalue weighted by atomic mass is 19.1. The highest BCUT2D eigenvalue weighted by Crippen LogP contribution is 2.37. The topological polar surface area (TPSA) is 107 Å². The first-order chi connectivity index (χ1) is 17.2. The Balaban J connectivity index is 1.70. The summed E-state index contributed by atoms with van der Waals surface area (Å²) in [4.78, 5) is 25.1. The normalized spacial score (nSPS) is 18.0. The Hall–Kier alpha value is -3.01. The number of carbonyl (C=O) groups excluding carboxylic acids is 2. The van der Waals surface area contributed by atoms with E-state index in [2.05, 4.69) is 41.7 Å². The monoisotopic (exact) mass is 503 g/mol. The van der Waals surface area contributed by atoms with Crippen molar-refractivity contribution in [2.24, 2.45) is 11.3 Å². The lowest BCUT2D eigenvalue weighted by atomic mass is 9.71. The molecule has 3 rings (SSSR count). The van der Waals surface area contributed by atoms with Gasteiger partial charge in [-0.05, 0) is 62.1 Å². The van der Waals surface area contributed by atoms with Gasteiger partial charge in [-0.1, -0.05) is 26.0 Å². The fraction of sp³-hybridized carbons (Fsp3) is 0.615. The Morgan fingerprint density at radius 2 is 1.86 bits per heavy atom. The van der Waals surface area contributed by atoms with E-state index >= 15 is 0 Å². The zero-order valence-corrected chi connectivity index (χ0v) is 21.7. The number of ether oxygens (including phenoxy) is 2. The van der Waals surface area contributed by atoms with Gasteiger partial charge in [0.05, 0.1) is 19.4 Å². The first-order valence-corrected chi connectivity index (χ1v) is 12.6. The second kappa shape index (κ2) is 12.8. The Labute approximate surface area is 212 Å². The lowest BCUT2D eigenvalue weighted by Gasteiger charge is -2.37. The van der Waals surface area contributed by atoms with Gasteiger partial charge in [0, 0.05) is 18.2 Å². The summed E-state index contributed by atoms with van der Waals surface area (Å²) in [5, 5.41) is 14.0. The number of alkyl halides is 1. The molecule has 0 aliphatic heterocycles. The summed E-state index contributed by atoms with van der Waals surface area (Å²) in [6.07, 6.45) is 5.63. The maximum Gasteiger partial charge on any atom is 0.273 e. The van der Waals surface area contributed by atoms with E-state index in [4.69, 9.17) is 9.47 Å². The van der Waals surface area contributed by atoms with E-state index in [9.17, 15) is 14.0 Å². The lowest BCUT2D eigenvalue weighted by Crippen LogP contribution is -2.39. The third-order valence-electron chi connectivity index (χ3n) is 6.53. The Morgan fingerprint density at radius 1 is 1.11 bits per heavy atom. The summed E-state index contributed by atoms with van der Waals surface area (Å²) in [5.41, 5.74) is 1.43. The van der Waals surface area contributed by atoms with E-state index < -0.39 is 6.67 Å². The highest BCUT2D eigenvalue weighted by molar-refractivity contribution is 5.95. The van der Waals surface area contributed by atoms with Crippen molar-refractivity contribution in [1.82, 2.24) is 25.6 Å². The van der Waals surface area contributed by atoms with Crippen LogP contribution in [0.3, 0.4) is 0 Å². The number of carbonyl (C=O) groups is 2. The molecule has 198 valence electrons. The molecule has 1 aliphatic carbocycles. The van der Waals surface area contributed by atoms with Crippen LogP contribution in [0.15, 0.2) is 24.4 Å². The Bertz CT molecular complexity index is 1010. The predicted molar refractivity (Wildman–Crippen MR) is 134 cm³/mol. The number of amides is 2. The van der Waals surface area contributed by atoms with Crippen LogP contribution in [-0.4, -0.2) is 65.9 Å². The van der Waals surface area contributed by atoms with Crippen LogP contribution in [0.5, 0.6) is 5.75 Å². The van der Waals surface area contributed by atoms with Crippen LogP contribution in [0.1, 0.15) is 74.2 Å². The van der Waals surface area contributed by atoms with Crippen molar-refractivity contribution >= 4 is 11.8 Å². The van der Waals surface area contributed by atoms with E-state index in [0.717, 1.165) is 25.7 Å². The zero-order chi connectivity index (χ0) is 26.1. The first kappa shape index (κ1) is 27.6. The van der Waals surface area contributed by atoms with Crippen molar-refractivity contribution in [2.75, 3.05) is 33.0 Å². The van der Waals surface area contributed by atoms with Crippen molar-refractivity contribution in [3.63, 3.8) is 0 Å². The van der Waals surface area contributed by atoms with E-state index in [1.165, 1.54) is 4.68 Å². The van der Waals surface area contributed by atoms with Gasteiger partial charge < -0.3 is 20.1 Å². The summed E-state index contributed by atoms with van der Waals surface area (Å²) in [6, 6.07) is 5.07. The smallest absolute Gasteiger partial charge is 0.273 e. The molecule has 10 heteroatoms. The summed E-state index contributed by atoms with van der Waals surface area (Å²) < 4.78 is 24.7. The molecule has 1 aliphatic rings. The van der Waals surface area contributed by atoms with Gasteiger partial charge in [0.2, 0.25) is 0 Å². The molecule has 0 spiro atoms. The van der Waals surface area contributed by atoms with Gasteiger partial charge in [0.25, 0.3) is 11.8 Å². The minimum Gasteiger partial charge on any atom is -0.489 e. The molecule has 9 nitrogen and oxygen atoms in total. The number of aromatic nitrogens is 3. The molecule has 0 radical (unpaired) electrons. The van der Waals surface area contributed by atoms with Gasteiger partial charge in [0.1, 0.15) is 24.7 Å². The number of hydrogen-bond acceptors (Lipinski definition) is 6. The molecule has 1 saturated carbocycles. The number of rotatable bonds is 11. The third-order valence-corrected chi connectivity index (χ3v) is 6.53. The predicted octanol–water partition coefficient (Wildman–Crippen LogP) is 3.72. The van der Waals surface area contributed by atoms with E-state index in [0.29, 0.717) is 29.5 Å². The van der Waals surface area contributed by atoms with Crippen LogP contribution in [0.2, 0.25) is 0 Å². The van der Waals surface area contributed by atoms with Gasteiger partial charge in [-0.15, -0.1) is 5.10 Å². The highest BCUT2D eigenvalue weighted by Gasteiger charge is 2.30. The van der Waals surface area contributed by atoms with Crippen LogP contribution in [-0.2, 0) is 4.74 Å². The largest absolute Gasteiger partial charge is 0.489 e. The number of halogens is 1. The molecule has 2 amide bonds. The molecule has 0 bridgehead atoms. The zero-order valence-electron chi connectivity index (χ0n) is 21.7. The summed E-state index contributed by atoms with van der Waals surface area (Å²) in [6.45, 7) is 8.92. The molecule has 0 unspecified atom stereocenters. The van der Waals surface area contributed by atoms with E-state index in [-0.39, 0.29) is 48.8 Å². The van der Waals surface area contributed by atoms with Crippen molar-refractivity contribution in [3.05, 3.63) is 35.7 Å². The molecule has 2 aromatic rings. The van der Waals surface area contributed by atoms with E-state index in [1.54, 1.807) is 24.4 Å². The molecule has 2 N–H and O–H groups in total. The maximum absolute atomic E-state index is 12.9. The fourth-order valence-electron chi connectivity index (χ4n) is 4.44. The van der Waals surface area contributed by atoms with Crippen LogP contribution in [0, 0.1) is 11.3 Å². The summed E-state index contributed by atoms with van der Waals surface area (Å²) in [7, 11) is 0. The minimum absolute atomic E-state index is 0.00539.